The second-order valence-electron chi connectivity index (χ2n) is 4.03. The Bertz CT molecular complexity index is 530. The van der Waals surface area contributed by atoms with Crippen LogP contribution in [0.25, 0.3) is 0 Å². The van der Waals surface area contributed by atoms with Gasteiger partial charge in [-0.3, -0.25) is 0 Å². The lowest BCUT2D eigenvalue weighted by atomic mass is 10.3. The largest absolute Gasteiger partial charge is 0.481 e. The van der Waals surface area contributed by atoms with E-state index >= 15 is 0 Å². The van der Waals surface area contributed by atoms with Crippen LogP contribution in [0.15, 0.2) is 28.7 Å². The molecule has 0 amide bonds. The number of nitrogens with zero attached hydrogens (tertiary/aromatic N) is 2. The molecule has 1 unspecified atom stereocenters. The highest BCUT2D eigenvalue weighted by atomic mass is 35.5. The van der Waals surface area contributed by atoms with E-state index in [1.54, 1.807) is 12.1 Å². The second kappa shape index (κ2) is 6.54. The van der Waals surface area contributed by atoms with E-state index in [1.807, 2.05) is 26.0 Å². The molecule has 0 bridgehead atoms. The molecule has 0 aliphatic rings. The third-order valence-corrected chi connectivity index (χ3v) is 2.70. The molecule has 2 rings (SSSR count). The Kier molecular flexibility index (Phi) is 4.76. The Balaban J connectivity index is 1.99. The van der Waals surface area contributed by atoms with E-state index < -0.39 is 0 Å². The van der Waals surface area contributed by atoms with Gasteiger partial charge in [-0.25, -0.2) is 0 Å². The van der Waals surface area contributed by atoms with Crippen LogP contribution < -0.4 is 10.1 Å². The molecule has 0 spiro atoms. The van der Waals surface area contributed by atoms with E-state index in [0.29, 0.717) is 29.1 Å². The summed E-state index contributed by atoms with van der Waals surface area (Å²) in [6.07, 6.45) is -0.318. The molecule has 1 aromatic heterocycles. The lowest BCUT2D eigenvalue weighted by molar-refractivity contribution is 0.185. The zero-order chi connectivity index (χ0) is 13.7. The number of benzene rings is 1. The molecule has 2 aromatic rings. The number of rotatable bonds is 6. The van der Waals surface area contributed by atoms with Crippen molar-refractivity contribution in [3.8, 4) is 5.75 Å². The summed E-state index contributed by atoms with van der Waals surface area (Å²) in [7, 11) is 0. The highest BCUT2D eigenvalue weighted by molar-refractivity contribution is 6.30. The Hall–Kier alpha value is -1.59. The van der Waals surface area contributed by atoms with Gasteiger partial charge in [0, 0.05) is 5.02 Å². The maximum Gasteiger partial charge on any atom is 0.256 e. The third-order valence-electron chi connectivity index (χ3n) is 2.47. The average molecular weight is 282 g/mol. The molecule has 0 saturated carbocycles. The molecule has 0 radical (unpaired) electrons. The van der Waals surface area contributed by atoms with Crippen LogP contribution in [0.3, 0.4) is 0 Å². The van der Waals surface area contributed by atoms with Crippen molar-refractivity contribution in [3.63, 3.8) is 0 Å². The SMILES string of the molecule is CCNCc1nnc(C(C)Oc2cccc(Cl)c2)o1. The number of nitrogens with one attached hydrogen (secondary N) is 1. The van der Waals surface area contributed by atoms with Gasteiger partial charge in [0.25, 0.3) is 5.89 Å². The van der Waals surface area contributed by atoms with E-state index in [0.717, 1.165) is 6.54 Å². The molecule has 1 N–H and O–H groups in total. The first kappa shape index (κ1) is 13.8. The number of hydrogen-bond donors (Lipinski definition) is 1. The molecule has 19 heavy (non-hydrogen) atoms. The lowest BCUT2D eigenvalue weighted by Crippen LogP contribution is -2.11. The van der Waals surface area contributed by atoms with Gasteiger partial charge in [0.1, 0.15) is 5.75 Å². The molecular formula is C13H16ClN3O2. The van der Waals surface area contributed by atoms with Gasteiger partial charge < -0.3 is 14.5 Å². The van der Waals surface area contributed by atoms with Gasteiger partial charge in [-0.05, 0) is 31.7 Å². The van der Waals surface area contributed by atoms with Crippen molar-refractivity contribution in [2.24, 2.45) is 0 Å². The van der Waals surface area contributed by atoms with Gasteiger partial charge in [-0.15, -0.1) is 10.2 Å². The number of aromatic nitrogens is 2. The summed E-state index contributed by atoms with van der Waals surface area (Å²) in [5, 5.41) is 11.7. The van der Waals surface area contributed by atoms with E-state index in [9.17, 15) is 0 Å². The summed E-state index contributed by atoms with van der Waals surface area (Å²) in [4.78, 5) is 0. The van der Waals surface area contributed by atoms with Crippen LogP contribution in [0, 0.1) is 0 Å². The van der Waals surface area contributed by atoms with Crippen LogP contribution in [0.1, 0.15) is 31.7 Å². The summed E-state index contributed by atoms with van der Waals surface area (Å²) in [5.74, 6) is 1.68. The third kappa shape index (κ3) is 3.94. The first-order chi connectivity index (χ1) is 9.19. The molecule has 5 nitrogen and oxygen atoms in total. The molecule has 6 heteroatoms. The van der Waals surface area contributed by atoms with E-state index in [-0.39, 0.29) is 6.10 Å². The first-order valence-electron chi connectivity index (χ1n) is 6.14. The maximum atomic E-state index is 5.90. The summed E-state index contributed by atoms with van der Waals surface area (Å²) < 4.78 is 11.2. The fourth-order valence-electron chi connectivity index (χ4n) is 1.53. The smallest absolute Gasteiger partial charge is 0.256 e. The second-order valence-corrected chi connectivity index (χ2v) is 4.47. The molecule has 0 fully saturated rings. The zero-order valence-corrected chi connectivity index (χ0v) is 11.6. The van der Waals surface area contributed by atoms with Gasteiger partial charge >= 0.3 is 0 Å². The highest BCUT2D eigenvalue weighted by Crippen LogP contribution is 2.23. The minimum Gasteiger partial charge on any atom is -0.481 e. The molecular weight excluding hydrogens is 266 g/mol. The fourth-order valence-corrected chi connectivity index (χ4v) is 1.71. The molecule has 102 valence electrons. The summed E-state index contributed by atoms with van der Waals surface area (Å²) in [5.41, 5.74) is 0. The summed E-state index contributed by atoms with van der Waals surface area (Å²) >= 11 is 5.90. The van der Waals surface area contributed by atoms with Crippen LogP contribution >= 0.6 is 11.6 Å². The number of ether oxygens (including phenoxy) is 1. The number of halogens is 1. The average Bonchev–Trinajstić information content (AvgIpc) is 2.85. The van der Waals surface area contributed by atoms with Crippen molar-refractivity contribution in [2.45, 2.75) is 26.5 Å². The fraction of sp³-hybridized carbons (Fsp3) is 0.385. The topological polar surface area (TPSA) is 60.2 Å². The first-order valence-corrected chi connectivity index (χ1v) is 6.52. The quantitative estimate of drug-likeness (QED) is 0.882. The Morgan fingerprint density at radius 2 is 2.26 bits per heavy atom. The van der Waals surface area contributed by atoms with Crippen LogP contribution in [0.4, 0.5) is 0 Å². The lowest BCUT2D eigenvalue weighted by Gasteiger charge is -2.10. The maximum absolute atomic E-state index is 5.90. The molecule has 1 heterocycles. The monoisotopic (exact) mass is 281 g/mol. The van der Waals surface area contributed by atoms with E-state index in [2.05, 4.69) is 15.5 Å². The van der Waals surface area contributed by atoms with Crippen molar-refractivity contribution < 1.29 is 9.15 Å². The van der Waals surface area contributed by atoms with Crippen LogP contribution in [0.5, 0.6) is 5.75 Å². The standard InChI is InChI=1S/C13H16ClN3O2/c1-3-15-8-12-16-17-13(19-12)9(2)18-11-6-4-5-10(14)7-11/h4-7,9,15H,3,8H2,1-2H3. The van der Waals surface area contributed by atoms with Crippen LogP contribution in [-0.4, -0.2) is 16.7 Å². The Labute approximate surface area is 116 Å². The van der Waals surface area contributed by atoms with Gasteiger partial charge in [-0.1, -0.05) is 24.6 Å². The van der Waals surface area contributed by atoms with Crippen LogP contribution in [0.2, 0.25) is 5.02 Å². The summed E-state index contributed by atoms with van der Waals surface area (Å²) in [6.45, 7) is 5.28. The van der Waals surface area contributed by atoms with Crippen molar-refractivity contribution >= 4 is 11.6 Å². The molecule has 1 atom stereocenters. The van der Waals surface area contributed by atoms with Crippen molar-refractivity contribution in [2.75, 3.05) is 6.54 Å². The predicted octanol–water partition coefficient (Wildman–Crippen LogP) is 2.97. The normalized spacial score (nSPS) is 12.4. The van der Waals surface area contributed by atoms with Crippen LogP contribution in [-0.2, 0) is 6.54 Å². The highest BCUT2D eigenvalue weighted by Gasteiger charge is 2.15. The minimum absolute atomic E-state index is 0.318. The molecule has 0 aliphatic heterocycles. The zero-order valence-electron chi connectivity index (χ0n) is 10.9. The van der Waals surface area contributed by atoms with E-state index in [4.69, 9.17) is 20.8 Å². The minimum atomic E-state index is -0.318. The van der Waals surface area contributed by atoms with Gasteiger partial charge in [-0.2, -0.15) is 0 Å². The molecule has 1 aromatic carbocycles. The molecule has 0 aliphatic carbocycles. The Morgan fingerprint density at radius 1 is 1.42 bits per heavy atom. The van der Waals surface area contributed by atoms with Gasteiger partial charge in [0.15, 0.2) is 6.10 Å². The number of hydrogen-bond acceptors (Lipinski definition) is 5. The predicted molar refractivity (Wildman–Crippen MR) is 72.2 cm³/mol. The van der Waals surface area contributed by atoms with E-state index in [1.165, 1.54) is 0 Å². The Morgan fingerprint density at radius 3 is 3.00 bits per heavy atom. The van der Waals surface area contributed by atoms with Crippen molar-refractivity contribution in [3.05, 3.63) is 41.1 Å². The van der Waals surface area contributed by atoms with Gasteiger partial charge in [0.2, 0.25) is 5.89 Å². The molecule has 0 saturated heterocycles. The van der Waals surface area contributed by atoms with Gasteiger partial charge in [0.05, 0.1) is 6.54 Å². The van der Waals surface area contributed by atoms with Crippen molar-refractivity contribution in [1.82, 2.24) is 15.5 Å². The summed E-state index contributed by atoms with van der Waals surface area (Å²) in [6, 6.07) is 7.20. The van der Waals surface area contributed by atoms with Crippen molar-refractivity contribution in [1.29, 1.82) is 0 Å².